The first kappa shape index (κ1) is 13.7. The zero-order valence-electron chi connectivity index (χ0n) is 11.4. The van der Waals surface area contributed by atoms with Crippen molar-refractivity contribution in [2.45, 2.75) is 39.5 Å². The molecule has 3 heteroatoms. The molecule has 2 rings (SSSR count). The van der Waals surface area contributed by atoms with E-state index in [-0.39, 0.29) is 0 Å². The van der Waals surface area contributed by atoms with Crippen LogP contribution in [0.5, 0.6) is 0 Å². The van der Waals surface area contributed by atoms with Crippen molar-refractivity contribution in [3.05, 3.63) is 0 Å². The number of hydrogen-bond acceptors (Lipinski definition) is 2. The highest BCUT2D eigenvalue weighted by molar-refractivity contribution is 7.91. The summed E-state index contributed by atoms with van der Waals surface area (Å²) in [4.78, 5) is 2.54. The second-order valence-electron chi connectivity index (χ2n) is 6.17. The lowest BCUT2D eigenvalue weighted by Gasteiger charge is -2.35. The van der Waals surface area contributed by atoms with Gasteiger partial charge in [-0.2, -0.15) is 0 Å². The summed E-state index contributed by atoms with van der Waals surface area (Å²) in [6.45, 7) is 8.13. The molecule has 1 saturated carbocycles. The average Bonchev–Trinajstić information content (AvgIpc) is 2.33. The van der Waals surface area contributed by atoms with Crippen LogP contribution < -0.4 is 0 Å². The second kappa shape index (κ2) is 6.44. The van der Waals surface area contributed by atoms with Crippen molar-refractivity contribution in [3.63, 3.8) is 0 Å². The molecule has 100 valence electrons. The standard InChI is InChI=1S/C14H27NOS/c1-12(2)14-5-3-13(4-6-14)11-15-7-9-17(16)10-8-15/h12-14H,3-11H2,1-2H3/t13-,14+. The van der Waals surface area contributed by atoms with Crippen molar-refractivity contribution in [2.75, 3.05) is 31.1 Å². The van der Waals surface area contributed by atoms with Gasteiger partial charge in [0.05, 0.1) is 0 Å². The summed E-state index contributed by atoms with van der Waals surface area (Å²) < 4.78 is 11.3. The van der Waals surface area contributed by atoms with E-state index in [2.05, 4.69) is 18.7 Å². The third-order valence-electron chi connectivity index (χ3n) is 4.62. The molecule has 0 aromatic heterocycles. The van der Waals surface area contributed by atoms with Crippen LogP contribution in [0.1, 0.15) is 39.5 Å². The molecule has 1 heterocycles. The molecule has 2 fully saturated rings. The topological polar surface area (TPSA) is 26.3 Å². The van der Waals surface area contributed by atoms with Gasteiger partial charge >= 0.3 is 0 Å². The van der Waals surface area contributed by atoms with Gasteiger partial charge < -0.3 is 4.55 Å². The van der Waals surface area contributed by atoms with Gasteiger partial charge in [-0.15, -0.1) is 0 Å². The monoisotopic (exact) mass is 257 g/mol. The summed E-state index contributed by atoms with van der Waals surface area (Å²) in [5.41, 5.74) is 0. The van der Waals surface area contributed by atoms with Crippen LogP contribution in [0.15, 0.2) is 0 Å². The fourth-order valence-corrected chi connectivity index (χ4v) is 4.39. The van der Waals surface area contributed by atoms with Crippen LogP contribution in [0.3, 0.4) is 0 Å². The summed E-state index contributed by atoms with van der Waals surface area (Å²) in [6.07, 6.45) is 5.70. The molecule has 0 N–H and O–H groups in total. The number of rotatable bonds is 3. The predicted octanol–water partition coefficient (Wildman–Crippen LogP) is 2.51. The summed E-state index contributed by atoms with van der Waals surface area (Å²) in [5, 5.41) is 0. The predicted molar refractivity (Wildman–Crippen MR) is 74.6 cm³/mol. The van der Waals surface area contributed by atoms with Gasteiger partial charge in [-0.05, 0) is 43.4 Å². The fourth-order valence-electron chi connectivity index (χ4n) is 3.26. The molecular weight excluding hydrogens is 230 g/mol. The van der Waals surface area contributed by atoms with Crippen molar-refractivity contribution >= 4 is 11.2 Å². The minimum absolute atomic E-state index is 0.521. The van der Waals surface area contributed by atoms with Crippen molar-refractivity contribution in [1.82, 2.24) is 4.90 Å². The Morgan fingerprint density at radius 1 is 1.12 bits per heavy atom. The largest absolute Gasteiger partial charge is 0.616 e. The lowest BCUT2D eigenvalue weighted by Crippen LogP contribution is -2.43. The molecule has 0 aromatic carbocycles. The van der Waals surface area contributed by atoms with Gasteiger partial charge in [0.2, 0.25) is 0 Å². The molecule has 0 bridgehead atoms. The van der Waals surface area contributed by atoms with Gasteiger partial charge in [-0.3, -0.25) is 4.90 Å². The van der Waals surface area contributed by atoms with Gasteiger partial charge in [0.1, 0.15) is 11.5 Å². The minimum Gasteiger partial charge on any atom is -0.616 e. The van der Waals surface area contributed by atoms with Crippen molar-refractivity contribution in [3.8, 4) is 0 Å². The third kappa shape index (κ3) is 4.15. The molecule has 1 aliphatic heterocycles. The third-order valence-corrected chi connectivity index (χ3v) is 5.90. The molecule has 0 unspecified atom stereocenters. The van der Waals surface area contributed by atoms with E-state index in [1.807, 2.05) is 0 Å². The lowest BCUT2D eigenvalue weighted by molar-refractivity contribution is 0.169. The maximum atomic E-state index is 11.3. The number of hydrogen-bond donors (Lipinski definition) is 0. The SMILES string of the molecule is CC(C)[C@H]1CC[C@@H](CN2CC[S+]([O-])CC2)CC1. The zero-order chi connectivity index (χ0) is 12.3. The molecule has 0 radical (unpaired) electrons. The Morgan fingerprint density at radius 3 is 2.24 bits per heavy atom. The maximum Gasteiger partial charge on any atom is 0.118 e. The summed E-state index contributed by atoms with van der Waals surface area (Å²) >= 11 is -0.521. The molecule has 0 atom stereocenters. The lowest BCUT2D eigenvalue weighted by atomic mass is 9.77. The van der Waals surface area contributed by atoms with E-state index in [4.69, 9.17) is 0 Å². The Kier molecular flexibility index (Phi) is 5.19. The van der Waals surface area contributed by atoms with Gasteiger partial charge in [0.25, 0.3) is 0 Å². The summed E-state index contributed by atoms with van der Waals surface area (Å²) in [5.74, 6) is 4.56. The minimum atomic E-state index is -0.521. The normalized spacial score (nSPS) is 33.2. The van der Waals surface area contributed by atoms with Gasteiger partial charge in [-0.1, -0.05) is 25.0 Å². The Morgan fingerprint density at radius 2 is 1.71 bits per heavy atom. The average molecular weight is 257 g/mol. The maximum absolute atomic E-state index is 11.3. The molecule has 0 amide bonds. The van der Waals surface area contributed by atoms with E-state index in [1.165, 1.54) is 32.2 Å². The second-order valence-corrected chi connectivity index (χ2v) is 7.87. The van der Waals surface area contributed by atoms with Crippen LogP contribution in [0.25, 0.3) is 0 Å². The Hall–Kier alpha value is 0.270. The van der Waals surface area contributed by atoms with Gasteiger partial charge in [0.15, 0.2) is 0 Å². The Bertz CT molecular complexity index is 218. The zero-order valence-corrected chi connectivity index (χ0v) is 12.2. The molecule has 1 aliphatic carbocycles. The first-order chi connectivity index (χ1) is 8.15. The fraction of sp³-hybridized carbons (Fsp3) is 1.00. The van der Waals surface area contributed by atoms with E-state index >= 15 is 0 Å². The van der Waals surface area contributed by atoms with Gasteiger partial charge in [0, 0.05) is 19.6 Å². The quantitative estimate of drug-likeness (QED) is 0.726. The van der Waals surface area contributed by atoms with E-state index in [1.54, 1.807) is 0 Å². The highest BCUT2D eigenvalue weighted by Gasteiger charge is 2.26. The molecule has 0 spiro atoms. The van der Waals surface area contributed by atoms with E-state index in [0.717, 1.165) is 42.3 Å². The van der Waals surface area contributed by atoms with Crippen LogP contribution in [-0.2, 0) is 11.2 Å². The van der Waals surface area contributed by atoms with E-state index in [0.29, 0.717) is 0 Å². The molecule has 1 saturated heterocycles. The Balaban J connectivity index is 1.67. The van der Waals surface area contributed by atoms with E-state index < -0.39 is 11.2 Å². The molecule has 0 aromatic rings. The molecule has 2 aliphatic rings. The molecule has 17 heavy (non-hydrogen) atoms. The van der Waals surface area contributed by atoms with Crippen LogP contribution in [0, 0.1) is 17.8 Å². The summed E-state index contributed by atoms with van der Waals surface area (Å²) in [7, 11) is 0. The van der Waals surface area contributed by atoms with E-state index in [9.17, 15) is 4.55 Å². The van der Waals surface area contributed by atoms with Crippen LogP contribution in [0.2, 0.25) is 0 Å². The summed E-state index contributed by atoms with van der Waals surface area (Å²) in [6, 6.07) is 0. The first-order valence-corrected chi connectivity index (χ1v) is 8.71. The highest BCUT2D eigenvalue weighted by Crippen LogP contribution is 2.33. The molecule has 2 nitrogen and oxygen atoms in total. The number of nitrogens with zero attached hydrogens (tertiary/aromatic N) is 1. The van der Waals surface area contributed by atoms with Crippen LogP contribution >= 0.6 is 0 Å². The first-order valence-electron chi connectivity index (χ1n) is 7.22. The van der Waals surface area contributed by atoms with Crippen LogP contribution in [0.4, 0.5) is 0 Å². The molecular formula is C14H27NOS. The van der Waals surface area contributed by atoms with Crippen molar-refractivity contribution in [2.24, 2.45) is 17.8 Å². The van der Waals surface area contributed by atoms with Gasteiger partial charge in [-0.25, -0.2) is 0 Å². The van der Waals surface area contributed by atoms with Crippen molar-refractivity contribution in [1.29, 1.82) is 0 Å². The highest BCUT2D eigenvalue weighted by atomic mass is 32.2. The Labute approximate surface area is 109 Å². The van der Waals surface area contributed by atoms with Crippen LogP contribution in [-0.4, -0.2) is 40.6 Å². The van der Waals surface area contributed by atoms with Crippen molar-refractivity contribution < 1.29 is 4.55 Å². The smallest absolute Gasteiger partial charge is 0.118 e.